The van der Waals surface area contributed by atoms with Crippen molar-refractivity contribution < 1.29 is 17.6 Å². The predicted octanol–water partition coefficient (Wildman–Crippen LogP) is 3.59. The Labute approximate surface area is 170 Å². The van der Waals surface area contributed by atoms with Gasteiger partial charge in [0, 0.05) is 17.2 Å². The van der Waals surface area contributed by atoms with E-state index in [0.29, 0.717) is 18.7 Å². The molecular weight excluding hydrogens is 399 g/mol. The third kappa shape index (κ3) is 6.24. The molecule has 1 N–H and O–H groups in total. The highest BCUT2D eigenvalue weighted by atomic mass is 32.2. The zero-order valence-electron chi connectivity index (χ0n) is 16.2. The summed E-state index contributed by atoms with van der Waals surface area (Å²) < 4.78 is 38.9. The lowest BCUT2D eigenvalue weighted by molar-refractivity contribution is -0.122. The summed E-state index contributed by atoms with van der Waals surface area (Å²) in [4.78, 5) is 13.8. The monoisotopic (exact) mass is 424 g/mol. The van der Waals surface area contributed by atoms with Crippen molar-refractivity contribution >= 4 is 33.4 Å². The van der Waals surface area contributed by atoms with E-state index in [1.54, 1.807) is 18.7 Å². The minimum Gasteiger partial charge on any atom is -0.353 e. The number of hydrogen-bond acceptors (Lipinski definition) is 4. The molecule has 152 valence electrons. The van der Waals surface area contributed by atoms with Crippen molar-refractivity contribution in [2.45, 2.75) is 31.2 Å². The first-order valence-electron chi connectivity index (χ1n) is 8.94. The molecule has 0 bridgehead atoms. The van der Waals surface area contributed by atoms with Gasteiger partial charge in [-0.25, -0.2) is 12.8 Å². The minimum absolute atomic E-state index is 0.264. The summed E-state index contributed by atoms with van der Waals surface area (Å²) in [6.07, 6.45) is 1.33. The number of anilines is 1. The molecule has 0 spiro atoms. The van der Waals surface area contributed by atoms with Crippen molar-refractivity contribution in [3.05, 3.63) is 59.9 Å². The summed E-state index contributed by atoms with van der Waals surface area (Å²) in [6, 6.07) is 12.3. The average Bonchev–Trinajstić information content (AvgIpc) is 2.64. The van der Waals surface area contributed by atoms with E-state index in [1.807, 2.05) is 31.2 Å². The molecule has 2 rings (SSSR count). The second-order valence-electron chi connectivity index (χ2n) is 6.41. The lowest BCUT2D eigenvalue weighted by Gasteiger charge is -2.30. The topological polar surface area (TPSA) is 66.5 Å². The maximum absolute atomic E-state index is 13.2. The van der Waals surface area contributed by atoms with Gasteiger partial charge in [0.2, 0.25) is 15.9 Å². The molecule has 0 aliphatic heterocycles. The molecule has 8 heteroatoms. The Morgan fingerprint density at radius 3 is 2.29 bits per heavy atom. The summed E-state index contributed by atoms with van der Waals surface area (Å²) >= 11 is 1.61. The first-order chi connectivity index (χ1) is 13.2. The van der Waals surface area contributed by atoms with Gasteiger partial charge in [-0.15, -0.1) is 11.8 Å². The van der Waals surface area contributed by atoms with E-state index in [-0.39, 0.29) is 11.6 Å². The molecule has 0 aliphatic rings. The van der Waals surface area contributed by atoms with E-state index >= 15 is 0 Å². The number of thioether (sulfide) groups is 1. The Morgan fingerprint density at radius 1 is 1.14 bits per heavy atom. The van der Waals surface area contributed by atoms with E-state index in [4.69, 9.17) is 0 Å². The molecule has 0 aromatic heterocycles. The fraction of sp³-hybridized carbons (Fsp3) is 0.350. The van der Waals surface area contributed by atoms with Crippen LogP contribution in [-0.2, 0) is 14.8 Å². The largest absolute Gasteiger partial charge is 0.353 e. The highest BCUT2D eigenvalue weighted by Crippen LogP contribution is 2.23. The molecule has 1 atom stereocenters. The molecule has 0 saturated heterocycles. The number of nitrogens with one attached hydrogen (secondary N) is 1. The smallest absolute Gasteiger partial charge is 0.243 e. The first-order valence-corrected chi connectivity index (χ1v) is 11.8. The van der Waals surface area contributed by atoms with E-state index < -0.39 is 21.9 Å². The molecule has 0 radical (unpaired) electrons. The highest BCUT2D eigenvalue weighted by Gasteiger charge is 2.31. The van der Waals surface area contributed by atoms with Gasteiger partial charge in [0.15, 0.2) is 0 Å². The first kappa shape index (κ1) is 22.2. The van der Waals surface area contributed by atoms with Crippen LogP contribution in [0.1, 0.15) is 18.9 Å². The molecule has 0 heterocycles. The van der Waals surface area contributed by atoms with Crippen molar-refractivity contribution in [2.24, 2.45) is 0 Å². The van der Waals surface area contributed by atoms with E-state index in [0.717, 1.165) is 15.5 Å². The standard InChI is InChI=1S/C20H25FN2O3S2/c1-4-19(23(28(3,25)26)17-9-7-16(21)8-10-17)20(24)22-13-14-27-18-11-5-15(2)6-12-18/h5-12,19H,4,13-14H2,1-3H3,(H,22,24)/t19-/m0/s1. The van der Waals surface area contributed by atoms with Crippen LogP contribution in [0.25, 0.3) is 0 Å². The maximum Gasteiger partial charge on any atom is 0.243 e. The Kier molecular flexibility index (Phi) is 7.88. The number of sulfonamides is 1. The van der Waals surface area contributed by atoms with Crippen molar-refractivity contribution in [1.29, 1.82) is 0 Å². The van der Waals surface area contributed by atoms with Gasteiger partial charge in [-0.3, -0.25) is 9.10 Å². The number of carbonyl (C=O) groups is 1. The molecule has 28 heavy (non-hydrogen) atoms. The molecule has 5 nitrogen and oxygen atoms in total. The number of nitrogens with zero attached hydrogens (tertiary/aromatic N) is 1. The van der Waals surface area contributed by atoms with Gasteiger partial charge in [0.25, 0.3) is 0 Å². The fourth-order valence-corrected chi connectivity index (χ4v) is 4.72. The van der Waals surface area contributed by atoms with E-state index in [1.165, 1.54) is 29.8 Å². The quantitative estimate of drug-likeness (QED) is 0.494. The summed E-state index contributed by atoms with van der Waals surface area (Å²) in [5.74, 6) is -0.176. The zero-order valence-corrected chi connectivity index (χ0v) is 17.8. The number of carbonyl (C=O) groups excluding carboxylic acids is 1. The normalized spacial score (nSPS) is 12.4. The van der Waals surface area contributed by atoms with Crippen LogP contribution in [0, 0.1) is 12.7 Å². The van der Waals surface area contributed by atoms with Crippen LogP contribution in [0.2, 0.25) is 0 Å². The lowest BCUT2D eigenvalue weighted by Crippen LogP contribution is -2.49. The molecule has 0 fully saturated rings. The number of benzene rings is 2. The minimum atomic E-state index is -3.72. The van der Waals surface area contributed by atoms with Gasteiger partial charge in [-0.2, -0.15) is 0 Å². The summed E-state index contributed by atoms with van der Waals surface area (Å²) in [6.45, 7) is 4.18. The number of halogens is 1. The Morgan fingerprint density at radius 2 is 1.75 bits per heavy atom. The van der Waals surface area contributed by atoms with Crippen LogP contribution in [0.5, 0.6) is 0 Å². The number of amides is 1. The van der Waals surface area contributed by atoms with Gasteiger partial charge < -0.3 is 5.32 Å². The Balaban J connectivity index is 2.02. The van der Waals surface area contributed by atoms with Crippen LogP contribution >= 0.6 is 11.8 Å². The lowest BCUT2D eigenvalue weighted by atomic mass is 10.2. The second kappa shape index (κ2) is 9.93. The summed E-state index contributed by atoms with van der Waals surface area (Å²) in [5.41, 5.74) is 1.45. The Hall–Kier alpha value is -2.06. The molecule has 1 amide bonds. The van der Waals surface area contributed by atoms with Gasteiger partial charge in [0.05, 0.1) is 11.9 Å². The van der Waals surface area contributed by atoms with Crippen LogP contribution < -0.4 is 9.62 Å². The summed E-state index contributed by atoms with van der Waals surface area (Å²) in [5, 5.41) is 2.81. The predicted molar refractivity (Wildman–Crippen MR) is 113 cm³/mol. The maximum atomic E-state index is 13.2. The highest BCUT2D eigenvalue weighted by molar-refractivity contribution is 7.99. The SMILES string of the molecule is CC[C@@H](C(=O)NCCSc1ccc(C)cc1)N(c1ccc(F)cc1)S(C)(=O)=O. The molecule has 0 aliphatic carbocycles. The van der Waals surface area contributed by atoms with Crippen LogP contribution in [0.4, 0.5) is 10.1 Å². The third-order valence-electron chi connectivity index (χ3n) is 4.10. The van der Waals surface area contributed by atoms with Crippen molar-refractivity contribution in [2.75, 3.05) is 22.9 Å². The fourth-order valence-electron chi connectivity index (χ4n) is 2.74. The van der Waals surface area contributed by atoms with Gasteiger partial charge in [-0.1, -0.05) is 24.6 Å². The van der Waals surface area contributed by atoms with Crippen molar-refractivity contribution in [3.63, 3.8) is 0 Å². The van der Waals surface area contributed by atoms with Gasteiger partial charge in [-0.05, 0) is 49.7 Å². The van der Waals surface area contributed by atoms with Gasteiger partial charge in [0.1, 0.15) is 11.9 Å². The van der Waals surface area contributed by atoms with Crippen molar-refractivity contribution in [3.8, 4) is 0 Å². The van der Waals surface area contributed by atoms with Crippen LogP contribution in [0.3, 0.4) is 0 Å². The van der Waals surface area contributed by atoms with E-state index in [2.05, 4.69) is 5.32 Å². The number of hydrogen-bond donors (Lipinski definition) is 1. The Bertz CT molecular complexity index is 885. The van der Waals surface area contributed by atoms with Gasteiger partial charge >= 0.3 is 0 Å². The third-order valence-corrected chi connectivity index (χ3v) is 6.30. The molecule has 2 aromatic carbocycles. The van der Waals surface area contributed by atoms with Crippen molar-refractivity contribution in [1.82, 2.24) is 5.32 Å². The van der Waals surface area contributed by atoms with Crippen LogP contribution in [-0.4, -0.2) is 38.9 Å². The average molecular weight is 425 g/mol. The summed E-state index contributed by atoms with van der Waals surface area (Å²) in [7, 11) is -3.72. The molecule has 2 aromatic rings. The molecular formula is C20H25FN2O3S2. The number of rotatable bonds is 9. The molecule has 0 unspecified atom stereocenters. The van der Waals surface area contributed by atoms with Crippen LogP contribution in [0.15, 0.2) is 53.4 Å². The van der Waals surface area contributed by atoms with E-state index in [9.17, 15) is 17.6 Å². The second-order valence-corrected chi connectivity index (χ2v) is 9.44. The number of aryl methyl sites for hydroxylation is 1. The zero-order chi connectivity index (χ0) is 20.7. The molecule has 0 saturated carbocycles.